The lowest BCUT2D eigenvalue weighted by Gasteiger charge is -2.35. The van der Waals surface area contributed by atoms with Gasteiger partial charge in [-0.05, 0) is 26.2 Å². The number of carbonyl (C=O) groups is 1. The van der Waals surface area contributed by atoms with E-state index in [1.165, 1.54) is 4.31 Å². The van der Waals surface area contributed by atoms with Gasteiger partial charge in [0.1, 0.15) is 0 Å². The Balaban J connectivity index is 2.46. The first-order valence-corrected chi connectivity index (χ1v) is 9.88. The van der Waals surface area contributed by atoms with Crippen LogP contribution in [0.1, 0.15) is 34.1 Å². The van der Waals surface area contributed by atoms with Gasteiger partial charge in [-0.3, -0.25) is 4.79 Å². The van der Waals surface area contributed by atoms with E-state index in [0.717, 1.165) is 0 Å². The van der Waals surface area contributed by atoms with E-state index in [0.29, 0.717) is 38.5 Å². The minimum Gasteiger partial charge on any atom is -0.378 e. The fourth-order valence-electron chi connectivity index (χ4n) is 2.55. The number of rotatable bonds is 8. The van der Waals surface area contributed by atoms with E-state index in [1.54, 1.807) is 4.90 Å². The smallest absolute Gasteiger partial charge is 0.239 e. The molecule has 1 saturated heterocycles. The third-order valence-corrected chi connectivity index (χ3v) is 5.61. The molecule has 1 fully saturated rings. The third-order valence-electron chi connectivity index (χ3n) is 3.78. The van der Waals surface area contributed by atoms with Gasteiger partial charge in [0.15, 0.2) is 0 Å². The Morgan fingerprint density at radius 1 is 1.13 bits per heavy atom. The van der Waals surface area contributed by atoms with E-state index in [-0.39, 0.29) is 24.4 Å². The highest BCUT2D eigenvalue weighted by Crippen LogP contribution is 2.12. The molecule has 23 heavy (non-hydrogen) atoms. The molecule has 8 heteroatoms. The van der Waals surface area contributed by atoms with Crippen LogP contribution in [0.2, 0.25) is 0 Å². The lowest BCUT2D eigenvalue weighted by molar-refractivity contribution is -0.134. The Morgan fingerprint density at radius 3 is 2.17 bits per heavy atom. The van der Waals surface area contributed by atoms with Gasteiger partial charge in [-0.25, -0.2) is 8.42 Å². The van der Waals surface area contributed by atoms with Crippen LogP contribution in [-0.2, 0) is 19.6 Å². The average molecular weight is 349 g/mol. The number of hydrogen-bond donors (Lipinski definition) is 1. The number of sulfonamides is 1. The summed E-state index contributed by atoms with van der Waals surface area (Å²) in [6.07, 6.45) is 0.659. The molecule has 0 spiro atoms. The Hall–Kier alpha value is -0.700. The summed E-state index contributed by atoms with van der Waals surface area (Å²) in [5.41, 5.74) is 5.92. The molecule has 0 unspecified atom stereocenters. The van der Waals surface area contributed by atoms with Gasteiger partial charge >= 0.3 is 0 Å². The maximum Gasteiger partial charge on any atom is 0.239 e. The van der Waals surface area contributed by atoms with Crippen molar-refractivity contribution in [1.82, 2.24) is 9.21 Å². The second-order valence-corrected chi connectivity index (χ2v) is 8.78. The fourth-order valence-corrected chi connectivity index (χ4v) is 3.83. The molecule has 1 heterocycles. The van der Waals surface area contributed by atoms with Crippen LogP contribution in [0.5, 0.6) is 0 Å². The molecule has 1 atom stereocenters. The van der Waals surface area contributed by atoms with E-state index < -0.39 is 16.1 Å². The monoisotopic (exact) mass is 349 g/mol. The number of ether oxygens (including phenoxy) is 1. The molecule has 0 aromatic rings. The Labute approximate surface area is 140 Å². The topological polar surface area (TPSA) is 92.9 Å². The summed E-state index contributed by atoms with van der Waals surface area (Å²) in [5.74, 6) is 0.252. The number of carbonyl (C=O) groups excluding carboxylic acids is 1. The molecular weight excluding hydrogens is 318 g/mol. The van der Waals surface area contributed by atoms with Crippen LogP contribution in [0, 0.1) is 5.92 Å². The average Bonchev–Trinajstić information content (AvgIpc) is 2.45. The summed E-state index contributed by atoms with van der Waals surface area (Å²) in [6, 6.07) is -0.502. The van der Waals surface area contributed by atoms with Crippen molar-refractivity contribution >= 4 is 15.9 Å². The normalized spacial score (nSPS) is 18.7. The van der Waals surface area contributed by atoms with Crippen LogP contribution >= 0.6 is 0 Å². The molecular formula is C15H31N3O4S. The number of nitrogens with zero attached hydrogens (tertiary/aromatic N) is 2. The lowest BCUT2D eigenvalue weighted by Crippen LogP contribution is -2.54. The molecule has 1 aliphatic rings. The first-order chi connectivity index (χ1) is 10.6. The molecule has 7 nitrogen and oxygen atoms in total. The van der Waals surface area contributed by atoms with Gasteiger partial charge in [0.2, 0.25) is 15.9 Å². The predicted molar refractivity (Wildman–Crippen MR) is 90.5 cm³/mol. The highest BCUT2D eigenvalue weighted by atomic mass is 32.2. The summed E-state index contributed by atoms with van der Waals surface area (Å²) in [6.45, 7) is 9.43. The lowest BCUT2D eigenvalue weighted by atomic mass is 10.0. The molecule has 1 amide bonds. The Bertz CT molecular complexity index is 471. The maximum absolute atomic E-state index is 12.2. The van der Waals surface area contributed by atoms with Crippen molar-refractivity contribution in [2.24, 2.45) is 11.7 Å². The number of nitrogens with two attached hydrogens (primary N) is 1. The standard InChI is InChI=1S/C15H31N3O4S/c1-12(2)11-14(16)15(19)17-5-7-18(8-6-17)23(20,21)10-9-22-13(3)4/h12-14H,5-11,16H2,1-4H3/t14-/m0/s1. The van der Waals surface area contributed by atoms with Gasteiger partial charge < -0.3 is 15.4 Å². The van der Waals surface area contributed by atoms with E-state index in [2.05, 4.69) is 0 Å². The zero-order chi connectivity index (χ0) is 17.6. The van der Waals surface area contributed by atoms with Crippen molar-refractivity contribution in [2.75, 3.05) is 38.5 Å². The number of piperazine rings is 1. The predicted octanol–water partition coefficient (Wildman–Crippen LogP) is 0.259. The first-order valence-electron chi connectivity index (χ1n) is 8.27. The fraction of sp³-hybridized carbons (Fsp3) is 0.933. The quantitative estimate of drug-likeness (QED) is 0.678. The van der Waals surface area contributed by atoms with Crippen LogP contribution in [0.15, 0.2) is 0 Å². The summed E-state index contributed by atoms with van der Waals surface area (Å²) in [4.78, 5) is 13.9. The van der Waals surface area contributed by atoms with Crippen LogP contribution in [0.25, 0.3) is 0 Å². The van der Waals surface area contributed by atoms with Crippen LogP contribution in [0.4, 0.5) is 0 Å². The zero-order valence-electron chi connectivity index (χ0n) is 14.7. The van der Waals surface area contributed by atoms with E-state index in [9.17, 15) is 13.2 Å². The van der Waals surface area contributed by atoms with Gasteiger partial charge in [0, 0.05) is 26.2 Å². The van der Waals surface area contributed by atoms with Gasteiger partial charge in [0.25, 0.3) is 0 Å². The molecule has 0 aromatic heterocycles. The second-order valence-electron chi connectivity index (χ2n) is 6.70. The van der Waals surface area contributed by atoms with Gasteiger partial charge in [-0.1, -0.05) is 13.8 Å². The molecule has 0 bridgehead atoms. The van der Waals surface area contributed by atoms with Crippen molar-refractivity contribution in [2.45, 2.75) is 46.3 Å². The first kappa shape index (κ1) is 20.3. The third kappa shape index (κ3) is 6.74. The van der Waals surface area contributed by atoms with E-state index in [4.69, 9.17) is 10.5 Å². The summed E-state index contributed by atoms with van der Waals surface area (Å²) >= 11 is 0. The summed E-state index contributed by atoms with van der Waals surface area (Å²) in [5, 5.41) is 0. The SMILES string of the molecule is CC(C)C[C@H](N)C(=O)N1CCN(S(=O)(=O)CCOC(C)C)CC1. The molecule has 1 aliphatic heterocycles. The Morgan fingerprint density at radius 2 is 1.70 bits per heavy atom. The van der Waals surface area contributed by atoms with E-state index >= 15 is 0 Å². The van der Waals surface area contributed by atoms with Crippen LogP contribution in [0.3, 0.4) is 0 Å². The number of amides is 1. The van der Waals surface area contributed by atoms with Crippen LogP contribution < -0.4 is 5.73 Å². The van der Waals surface area contributed by atoms with Crippen LogP contribution in [-0.4, -0.2) is 74.2 Å². The minimum atomic E-state index is -3.33. The van der Waals surface area contributed by atoms with Crippen molar-refractivity contribution in [3.8, 4) is 0 Å². The Kier molecular flexibility index (Phi) is 7.93. The van der Waals surface area contributed by atoms with Crippen molar-refractivity contribution in [3.63, 3.8) is 0 Å². The van der Waals surface area contributed by atoms with Crippen molar-refractivity contribution in [1.29, 1.82) is 0 Å². The van der Waals surface area contributed by atoms with Gasteiger partial charge in [-0.15, -0.1) is 0 Å². The molecule has 0 saturated carbocycles. The summed E-state index contributed by atoms with van der Waals surface area (Å²) < 4.78 is 31.2. The molecule has 2 N–H and O–H groups in total. The highest BCUT2D eigenvalue weighted by Gasteiger charge is 2.30. The maximum atomic E-state index is 12.2. The second kappa shape index (κ2) is 8.96. The van der Waals surface area contributed by atoms with Crippen molar-refractivity contribution in [3.05, 3.63) is 0 Å². The molecule has 0 aliphatic carbocycles. The van der Waals surface area contributed by atoms with Gasteiger partial charge in [0.05, 0.1) is 24.5 Å². The summed E-state index contributed by atoms with van der Waals surface area (Å²) in [7, 11) is -3.33. The minimum absolute atomic E-state index is 0.0158. The largest absolute Gasteiger partial charge is 0.378 e. The molecule has 0 aromatic carbocycles. The van der Waals surface area contributed by atoms with Crippen molar-refractivity contribution < 1.29 is 17.9 Å². The van der Waals surface area contributed by atoms with E-state index in [1.807, 2.05) is 27.7 Å². The number of hydrogen-bond acceptors (Lipinski definition) is 5. The van der Waals surface area contributed by atoms with Gasteiger partial charge in [-0.2, -0.15) is 4.31 Å². The molecule has 0 radical (unpaired) electrons. The molecule has 136 valence electrons. The molecule has 1 rings (SSSR count). The zero-order valence-corrected chi connectivity index (χ0v) is 15.5. The highest BCUT2D eigenvalue weighted by molar-refractivity contribution is 7.89.